The number of hydrogen-bond acceptors (Lipinski definition) is 7. The summed E-state index contributed by atoms with van der Waals surface area (Å²) in [6.07, 6.45) is 0. The Balaban J connectivity index is 1.51. The van der Waals surface area contributed by atoms with Crippen LogP contribution in [0.3, 0.4) is 0 Å². The molecule has 3 aromatic carbocycles. The Kier molecular flexibility index (Phi) is 6.21. The number of ether oxygens (including phenoxy) is 3. The summed E-state index contributed by atoms with van der Waals surface area (Å²) in [7, 11) is 4.50. The molecule has 0 atom stereocenters. The van der Waals surface area contributed by atoms with E-state index in [4.69, 9.17) is 18.7 Å². The number of halogens is 1. The molecule has 0 fully saturated rings. The van der Waals surface area contributed by atoms with Gasteiger partial charge in [-0.3, -0.25) is 4.79 Å². The van der Waals surface area contributed by atoms with E-state index in [2.05, 4.69) is 15.5 Å². The normalized spacial score (nSPS) is 10.5. The summed E-state index contributed by atoms with van der Waals surface area (Å²) >= 11 is 0. The lowest BCUT2D eigenvalue weighted by molar-refractivity contribution is 0.102. The lowest BCUT2D eigenvalue weighted by Gasteiger charge is -2.14. The molecule has 1 amide bonds. The summed E-state index contributed by atoms with van der Waals surface area (Å²) in [6, 6.07) is 15.8. The lowest BCUT2D eigenvalue weighted by atomic mass is 10.1. The number of methoxy groups -OCH3 is 3. The van der Waals surface area contributed by atoms with E-state index in [0.717, 1.165) is 0 Å². The molecule has 33 heavy (non-hydrogen) atoms. The van der Waals surface area contributed by atoms with Gasteiger partial charge in [0.1, 0.15) is 5.82 Å². The number of hydrogen-bond donors (Lipinski definition) is 1. The van der Waals surface area contributed by atoms with Crippen molar-refractivity contribution in [2.75, 3.05) is 26.6 Å². The van der Waals surface area contributed by atoms with Crippen molar-refractivity contribution in [3.8, 4) is 40.1 Å². The number of anilines is 1. The highest BCUT2D eigenvalue weighted by Crippen LogP contribution is 2.40. The minimum atomic E-state index is -0.388. The van der Waals surface area contributed by atoms with Gasteiger partial charge in [0.25, 0.3) is 11.8 Å². The van der Waals surface area contributed by atoms with E-state index in [1.54, 1.807) is 48.5 Å². The predicted molar refractivity (Wildman–Crippen MR) is 119 cm³/mol. The zero-order chi connectivity index (χ0) is 23.4. The Morgan fingerprint density at radius 2 is 1.61 bits per heavy atom. The molecular weight excluding hydrogens is 429 g/mol. The van der Waals surface area contributed by atoms with Gasteiger partial charge in [-0.15, -0.1) is 0 Å². The van der Waals surface area contributed by atoms with E-state index in [9.17, 15) is 9.18 Å². The van der Waals surface area contributed by atoms with Crippen molar-refractivity contribution in [3.63, 3.8) is 0 Å². The molecule has 9 heteroatoms. The van der Waals surface area contributed by atoms with E-state index in [1.807, 2.05) is 0 Å². The van der Waals surface area contributed by atoms with Crippen LogP contribution in [-0.2, 0) is 0 Å². The van der Waals surface area contributed by atoms with Crippen molar-refractivity contribution >= 4 is 11.6 Å². The van der Waals surface area contributed by atoms with Crippen molar-refractivity contribution in [1.82, 2.24) is 10.1 Å². The molecule has 8 nitrogen and oxygen atoms in total. The zero-order valence-corrected chi connectivity index (χ0v) is 18.1. The van der Waals surface area contributed by atoms with Crippen LogP contribution in [0.25, 0.3) is 22.8 Å². The Morgan fingerprint density at radius 1 is 0.909 bits per heavy atom. The summed E-state index contributed by atoms with van der Waals surface area (Å²) in [5.41, 5.74) is 2.02. The molecule has 0 aliphatic carbocycles. The second kappa shape index (κ2) is 9.39. The van der Waals surface area contributed by atoms with E-state index < -0.39 is 0 Å². The summed E-state index contributed by atoms with van der Waals surface area (Å²) in [6.45, 7) is 0. The molecule has 0 aliphatic rings. The van der Waals surface area contributed by atoms with Crippen molar-refractivity contribution in [1.29, 1.82) is 0 Å². The second-order valence-electron chi connectivity index (χ2n) is 6.88. The zero-order valence-electron chi connectivity index (χ0n) is 18.1. The SMILES string of the molecule is COc1cc(NC(=O)c2ccc(-c3nc(-c4cccc(F)c4)no3)cc2)cc(OC)c1OC. The van der Waals surface area contributed by atoms with Crippen LogP contribution < -0.4 is 19.5 Å². The molecule has 1 aromatic heterocycles. The second-order valence-corrected chi connectivity index (χ2v) is 6.88. The maximum Gasteiger partial charge on any atom is 0.258 e. The first-order valence-electron chi connectivity index (χ1n) is 9.84. The molecule has 1 heterocycles. The fraction of sp³-hybridized carbons (Fsp3) is 0.125. The average molecular weight is 449 g/mol. The molecule has 168 valence electrons. The van der Waals surface area contributed by atoms with Crippen LogP contribution in [-0.4, -0.2) is 37.4 Å². The minimum Gasteiger partial charge on any atom is -0.493 e. The molecule has 0 bridgehead atoms. The van der Waals surface area contributed by atoms with Gasteiger partial charge >= 0.3 is 0 Å². The van der Waals surface area contributed by atoms with Crippen molar-refractivity contribution in [2.45, 2.75) is 0 Å². The molecule has 4 rings (SSSR count). The quantitative estimate of drug-likeness (QED) is 0.432. The average Bonchev–Trinajstić information content (AvgIpc) is 3.34. The standard InChI is InChI=1S/C24H20FN3O5/c1-30-19-12-18(13-20(31-2)21(19)32-3)26-23(29)14-7-9-15(10-8-14)24-27-22(28-33-24)16-5-4-6-17(25)11-16/h4-13H,1-3H3,(H,26,29). The molecule has 0 unspecified atom stereocenters. The fourth-order valence-electron chi connectivity index (χ4n) is 3.21. The van der Waals surface area contributed by atoms with Gasteiger partial charge in [-0.2, -0.15) is 4.98 Å². The third kappa shape index (κ3) is 4.62. The van der Waals surface area contributed by atoms with Crippen molar-refractivity contribution in [3.05, 3.63) is 72.0 Å². The first kappa shape index (κ1) is 21.8. The van der Waals surface area contributed by atoms with Crippen molar-refractivity contribution in [2.24, 2.45) is 0 Å². The van der Waals surface area contributed by atoms with Crippen LogP contribution >= 0.6 is 0 Å². The van der Waals surface area contributed by atoms with E-state index in [-0.39, 0.29) is 23.4 Å². The van der Waals surface area contributed by atoms with Crippen molar-refractivity contribution < 1.29 is 27.9 Å². The van der Waals surface area contributed by atoms with Gasteiger partial charge in [0.15, 0.2) is 11.5 Å². The molecule has 0 aliphatic heterocycles. The number of carbonyl (C=O) groups is 1. The molecule has 0 saturated heterocycles. The van der Waals surface area contributed by atoms with Crippen LogP contribution in [0, 0.1) is 5.82 Å². The van der Waals surface area contributed by atoms with Gasteiger partial charge < -0.3 is 24.1 Å². The summed E-state index contributed by atoms with van der Waals surface area (Å²) < 4.78 is 34.6. The van der Waals surface area contributed by atoms with E-state index in [1.165, 1.54) is 33.5 Å². The topological polar surface area (TPSA) is 95.7 Å². The Morgan fingerprint density at radius 3 is 2.21 bits per heavy atom. The fourth-order valence-corrected chi connectivity index (χ4v) is 3.21. The predicted octanol–water partition coefficient (Wildman–Crippen LogP) is 4.82. The highest BCUT2D eigenvalue weighted by atomic mass is 19.1. The monoisotopic (exact) mass is 449 g/mol. The van der Waals surface area contributed by atoms with Crippen LogP contribution in [0.2, 0.25) is 0 Å². The minimum absolute atomic E-state index is 0.255. The maximum absolute atomic E-state index is 13.4. The first-order valence-corrected chi connectivity index (χ1v) is 9.84. The Bertz CT molecular complexity index is 1260. The lowest BCUT2D eigenvalue weighted by Crippen LogP contribution is -2.12. The van der Waals surface area contributed by atoms with Crippen LogP contribution in [0.4, 0.5) is 10.1 Å². The molecule has 0 radical (unpaired) electrons. The number of amides is 1. The van der Waals surface area contributed by atoms with Gasteiger partial charge in [-0.05, 0) is 36.4 Å². The van der Waals surface area contributed by atoms with Crippen LogP contribution in [0.1, 0.15) is 10.4 Å². The first-order chi connectivity index (χ1) is 16.0. The van der Waals surface area contributed by atoms with Gasteiger partial charge in [-0.25, -0.2) is 4.39 Å². The van der Waals surface area contributed by atoms with Gasteiger partial charge in [0.05, 0.1) is 21.3 Å². The molecule has 1 N–H and O–H groups in total. The van der Waals surface area contributed by atoms with Crippen LogP contribution in [0.15, 0.2) is 65.2 Å². The highest BCUT2D eigenvalue weighted by Gasteiger charge is 2.16. The number of nitrogens with zero attached hydrogens (tertiary/aromatic N) is 2. The number of nitrogens with one attached hydrogen (secondary N) is 1. The molecular formula is C24H20FN3O5. The van der Waals surface area contributed by atoms with Gasteiger partial charge in [-0.1, -0.05) is 17.3 Å². The number of benzene rings is 3. The third-order valence-electron chi connectivity index (χ3n) is 4.83. The smallest absolute Gasteiger partial charge is 0.258 e. The molecule has 0 spiro atoms. The van der Waals surface area contributed by atoms with E-state index >= 15 is 0 Å². The molecule has 0 saturated carbocycles. The highest BCUT2D eigenvalue weighted by molar-refractivity contribution is 6.04. The Labute approximate surface area is 188 Å². The molecule has 4 aromatic rings. The summed E-state index contributed by atoms with van der Waals surface area (Å²) in [4.78, 5) is 17.0. The summed E-state index contributed by atoms with van der Waals surface area (Å²) in [5.74, 6) is 1.09. The Hall–Kier alpha value is -4.40. The van der Waals surface area contributed by atoms with Crippen LogP contribution in [0.5, 0.6) is 17.2 Å². The van der Waals surface area contributed by atoms with E-state index in [0.29, 0.717) is 39.6 Å². The van der Waals surface area contributed by atoms with Gasteiger partial charge in [0.2, 0.25) is 11.6 Å². The maximum atomic E-state index is 13.4. The number of aromatic nitrogens is 2. The number of carbonyl (C=O) groups excluding carboxylic acids is 1. The summed E-state index contributed by atoms with van der Waals surface area (Å²) in [5, 5.41) is 6.71. The third-order valence-corrected chi connectivity index (χ3v) is 4.83. The largest absolute Gasteiger partial charge is 0.493 e. The number of rotatable bonds is 7. The van der Waals surface area contributed by atoms with Gasteiger partial charge in [0, 0.05) is 34.5 Å².